The van der Waals surface area contributed by atoms with Crippen LogP contribution in [0.1, 0.15) is 37.1 Å². The normalized spacial score (nSPS) is 19.8. The van der Waals surface area contributed by atoms with Gasteiger partial charge in [-0.05, 0) is 30.9 Å². The second-order valence-electron chi connectivity index (χ2n) is 5.78. The molecule has 7 nitrogen and oxygen atoms in total. The molecule has 3 heterocycles. The first-order chi connectivity index (χ1) is 11.0. The maximum Gasteiger partial charge on any atom is 0.231 e. The van der Waals surface area contributed by atoms with E-state index in [1.54, 1.807) is 6.20 Å². The summed E-state index contributed by atoms with van der Waals surface area (Å²) in [5, 5.41) is 4.04. The predicted molar refractivity (Wildman–Crippen MR) is 85.3 cm³/mol. The van der Waals surface area contributed by atoms with Gasteiger partial charge >= 0.3 is 0 Å². The molecule has 8 heteroatoms. The van der Waals surface area contributed by atoms with Crippen molar-refractivity contribution in [1.29, 1.82) is 0 Å². The van der Waals surface area contributed by atoms with Gasteiger partial charge in [-0.1, -0.05) is 18.1 Å². The fourth-order valence-corrected chi connectivity index (χ4v) is 3.78. The van der Waals surface area contributed by atoms with Crippen LogP contribution >= 0.6 is 0 Å². The molecule has 0 aliphatic carbocycles. The lowest BCUT2D eigenvalue weighted by Crippen LogP contribution is -2.38. The van der Waals surface area contributed by atoms with Crippen LogP contribution in [0.2, 0.25) is 0 Å². The highest BCUT2D eigenvalue weighted by atomic mass is 32.2. The van der Waals surface area contributed by atoms with Crippen LogP contribution in [0, 0.1) is 0 Å². The summed E-state index contributed by atoms with van der Waals surface area (Å²) in [5.74, 6) is 0.892. The monoisotopic (exact) mass is 336 g/mol. The zero-order chi connectivity index (χ0) is 16.4. The Morgan fingerprint density at radius 3 is 3.00 bits per heavy atom. The number of sulfonamides is 1. The first-order valence-corrected chi connectivity index (χ1v) is 9.57. The summed E-state index contributed by atoms with van der Waals surface area (Å²) in [4.78, 5) is 8.81. The molecule has 1 aliphatic heterocycles. The zero-order valence-corrected chi connectivity index (χ0v) is 14.1. The third kappa shape index (κ3) is 3.42. The molecular formula is C15H20N4O3S. The maximum absolute atomic E-state index is 11.7. The molecule has 0 spiro atoms. The first kappa shape index (κ1) is 16.1. The highest BCUT2D eigenvalue weighted by molar-refractivity contribution is 7.88. The third-order valence-corrected chi connectivity index (χ3v) is 5.40. The van der Waals surface area contributed by atoms with Gasteiger partial charge in [0.15, 0.2) is 0 Å². The van der Waals surface area contributed by atoms with Crippen molar-refractivity contribution in [2.24, 2.45) is 0 Å². The summed E-state index contributed by atoms with van der Waals surface area (Å²) in [6.07, 6.45) is 5.40. The average molecular weight is 336 g/mol. The van der Waals surface area contributed by atoms with Crippen LogP contribution in [0.25, 0.3) is 11.5 Å². The number of hydrogen-bond acceptors (Lipinski definition) is 6. The SMILES string of the molecule is CCc1cccnc1-c1noc(C2CCCN(S(C)(=O)=O)C2)n1. The van der Waals surface area contributed by atoms with E-state index >= 15 is 0 Å². The molecule has 124 valence electrons. The number of rotatable bonds is 4. The van der Waals surface area contributed by atoms with Gasteiger partial charge in [0.1, 0.15) is 5.69 Å². The molecule has 1 unspecified atom stereocenters. The summed E-state index contributed by atoms with van der Waals surface area (Å²) in [7, 11) is -3.19. The lowest BCUT2D eigenvalue weighted by atomic mass is 10.00. The quantitative estimate of drug-likeness (QED) is 0.846. The van der Waals surface area contributed by atoms with E-state index in [2.05, 4.69) is 15.1 Å². The second kappa shape index (κ2) is 6.37. The molecule has 0 saturated carbocycles. The highest BCUT2D eigenvalue weighted by Gasteiger charge is 2.30. The molecule has 23 heavy (non-hydrogen) atoms. The van der Waals surface area contributed by atoms with Gasteiger partial charge in [-0.3, -0.25) is 4.98 Å². The van der Waals surface area contributed by atoms with Crippen LogP contribution in [0.4, 0.5) is 0 Å². The fourth-order valence-electron chi connectivity index (χ4n) is 2.87. The van der Waals surface area contributed by atoms with Crippen LogP contribution in [0.15, 0.2) is 22.9 Å². The molecule has 0 amide bonds. The molecule has 0 aromatic carbocycles. The van der Waals surface area contributed by atoms with Crippen LogP contribution in [0.5, 0.6) is 0 Å². The van der Waals surface area contributed by atoms with Crippen LogP contribution < -0.4 is 0 Å². The van der Waals surface area contributed by atoms with Crippen LogP contribution in [-0.2, 0) is 16.4 Å². The summed E-state index contributed by atoms with van der Waals surface area (Å²) < 4.78 is 30.3. The number of aromatic nitrogens is 3. The number of hydrogen-bond donors (Lipinski definition) is 0. The minimum absolute atomic E-state index is 0.0616. The minimum atomic E-state index is -3.19. The standard InChI is InChI=1S/C15H20N4O3S/c1-3-11-6-4-8-16-13(11)14-17-15(22-18-14)12-7-5-9-19(10-12)23(2,20)21/h4,6,8,12H,3,5,7,9-10H2,1-2H3. The van der Waals surface area contributed by atoms with Crippen molar-refractivity contribution in [2.75, 3.05) is 19.3 Å². The Balaban J connectivity index is 1.84. The van der Waals surface area contributed by atoms with Crippen molar-refractivity contribution < 1.29 is 12.9 Å². The zero-order valence-electron chi connectivity index (χ0n) is 13.3. The van der Waals surface area contributed by atoms with Gasteiger partial charge in [0.2, 0.25) is 21.7 Å². The van der Waals surface area contributed by atoms with Gasteiger partial charge in [0.05, 0.1) is 12.2 Å². The Kier molecular flexibility index (Phi) is 4.45. The van der Waals surface area contributed by atoms with E-state index in [1.807, 2.05) is 19.1 Å². The number of aryl methyl sites for hydroxylation is 1. The Morgan fingerprint density at radius 2 is 2.26 bits per heavy atom. The molecule has 1 aliphatic rings. The Labute approximate surface area is 135 Å². The molecule has 0 N–H and O–H groups in total. The second-order valence-corrected chi connectivity index (χ2v) is 7.76. The summed E-state index contributed by atoms with van der Waals surface area (Å²) in [5.41, 5.74) is 1.78. The molecule has 0 radical (unpaired) electrons. The molecule has 1 atom stereocenters. The van der Waals surface area contributed by atoms with E-state index < -0.39 is 10.0 Å². The van der Waals surface area contributed by atoms with Crippen molar-refractivity contribution in [2.45, 2.75) is 32.1 Å². The van der Waals surface area contributed by atoms with E-state index in [9.17, 15) is 8.42 Å². The fraction of sp³-hybridized carbons (Fsp3) is 0.533. The van der Waals surface area contributed by atoms with Crippen molar-refractivity contribution in [3.8, 4) is 11.5 Å². The largest absolute Gasteiger partial charge is 0.339 e. The van der Waals surface area contributed by atoms with Crippen molar-refractivity contribution >= 4 is 10.0 Å². The summed E-state index contributed by atoms with van der Waals surface area (Å²) >= 11 is 0. The van der Waals surface area contributed by atoms with Crippen LogP contribution in [-0.4, -0.2) is 47.2 Å². The number of pyridine rings is 1. The predicted octanol–water partition coefficient (Wildman–Crippen LogP) is 1.83. The van der Waals surface area contributed by atoms with Gasteiger partial charge < -0.3 is 4.52 Å². The van der Waals surface area contributed by atoms with Gasteiger partial charge in [-0.25, -0.2) is 12.7 Å². The van der Waals surface area contributed by atoms with Gasteiger partial charge in [-0.2, -0.15) is 4.98 Å². The summed E-state index contributed by atoms with van der Waals surface area (Å²) in [6, 6.07) is 3.87. The van der Waals surface area contributed by atoms with Gasteiger partial charge in [-0.15, -0.1) is 0 Å². The number of nitrogens with zero attached hydrogens (tertiary/aromatic N) is 4. The van der Waals surface area contributed by atoms with E-state index in [0.29, 0.717) is 24.8 Å². The van der Waals surface area contributed by atoms with Crippen molar-refractivity contribution in [1.82, 2.24) is 19.4 Å². The Hall–Kier alpha value is -1.80. The van der Waals surface area contributed by atoms with Gasteiger partial charge in [0.25, 0.3) is 0 Å². The maximum atomic E-state index is 11.7. The minimum Gasteiger partial charge on any atom is -0.339 e. The smallest absolute Gasteiger partial charge is 0.231 e. The van der Waals surface area contributed by atoms with Gasteiger partial charge in [0, 0.05) is 19.3 Å². The Bertz CT molecular complexity index is 788. The molecule has 1 fully saturated rings. The first-order valence-electron chi connectivity index (χ1n) is 7.72. The van der Waals surface area contributed by atoms with Crippen molar-refractivity contribution in [3.05, 3.63) is 29.8 Å². The third-order valence-electron chi connectivity index (χ3n) is 4.13. The van der Waals surface area contributed by atoms with E-state index in [-0.39, 0.29) is 5.92 Å². The lowest BCUT2D eigenvalue weighted by Gasteiger charge is -2.28. The van der Waals surface area contributed by atoms with E-state index in [1.165, 1.54) is 10.6 Å². The molecule has 1 saturated heterocycles. The van der Waals surface area contributed by atoms with Crippen molar-refractivity contribution in [3.63, 3.8) is 0 Å². The van der Waals surface area contributed by atoms with Crippen LogP contribution in [0.3, 0.4) is 0 Å². The number of piperidine rings is 1. The Morgan fingerprint density at radius 1 is 1.43 bits per heavy atom. The topological polar surface area (TPSA) is 89.2 Å². The average Bonchev–Trinajstić information content (AvgIpc) is 3.04. The molecule has 3 rings (SSSR count). The van der Waals surface area contributed by atoms with E-state index in [4.69, 9.17) is 4.52 Å². The molecule has 2 aromatic rings. The molecular weight excluding hydrogens is 316 g/mol. The van der Waals surface area contributed by atoms with E-state index in [0.717, 1.165) is 30.5 Å². The summed E-state index contributed by atoms with van der Waals surface area (Å²) in [6.45, 7) is 2.99. The molecule has 0 bridgehead atoms. The molecule has 2 aromatic heterocycles. The lowest BCUT2D eigenvalue weighted by molar-refractivity contribution is 0.266. The highest BCUT2D eigenvalue weighted by Crippen LogP contribution is 2.28.